The van der Waals surface area contributed by atoms with Crippen LogP contribution in [0.15, 0.2) is 65.4 Å². The molecular formula is C23H17F3N2O3S2. The topological polar surface area (TPSA) is 60.5 Å². The molecule has 0 saturated carbocycles. The quantitative estimate of drug-likeness (QED) is 0.307. The van der Waals surface area contributed by atoms with E-state index in [9.17, 15) is 18.0 Å². The van der Waals surface area contributed by atoms with Gasteiger partial charge in [-0.2, -0.15) is 13.2 Å². The maximum absolute atomic E-state index is 13.3. The highest BCUT2D eigenvalue weighted by Gasteiger charge is 2.31. The van der Waals surface area contributed by atoms with Crippen LogP contribution in [0.25, 0.3) is 9.88 Å². The second-order valence-electron chi connectivity index (χ2n) is 6.84. The zero-order valence-electron chi connectivity index (χ0n) is 17.2. The van der Waals surface area contributed by atoms with Crippen LogP contribution in [0.4, 0.5) is 18.9 Å². The molecule has 170 valence electrons. The summed E-state index contributed by atoms with van der Waals surface area (Å²) in [5.41, 5.74) is -0.459. The summed E-state index contributed by atoms with van der Waals surface area (Å²) in [4.78, 5) is 18.1. The van der Waals surface area contributed by atoms with Crippen molar-refractivity contribution in [1.82, 2.24) is 4.98 Å². The van der Waals surface area contributed by atoms with Crippen molar-refractivity contribution in [3.8, 4) is 27.1 Å². The van der Waals surface area contributed by atoms with Gasteiger partial charge in [0.15, 0.2) is 5.75 Å². The van der Waals surface area contributed by atoms with Crippen molar-refractivity contribution < 1.29 is 27.4 Å². The van der Waals surface area contributed by atoms with Crippen LogP contribution in [0.1, 0.15) is 11.3 Å². The number of halogens is 3. The summed E-state index contributed by atoms with van der Waals surface area (Å²) < 4.78 is 50.7. The number of rotatable bonds is 7. The Morgan fingerprint density at radius 2 is 1.88 bits per heavy atom. The van der Waals surface area contributed by atoms with Gasteiger partial charge in [0.25, 0.3) is 0 Å². The Hall–Kier alpha value is -3.37. The zero-order chi connectivity index (χ0) is 23.4. The number of nitrogens with zero attached hydrogens (tertiary/aromatic N) is 1. The highest BCUT2D eigenvalue weighted by molar-refractivity contribution is 7.20. The number of thiazole rings is 1. The fourth-order valence-corrected chi connectivity index (χ4v) is 4.58. The molecule has 0 bridgehead atoms. The summed E-state index contributed by atoms with van der Waals surface area (Å²) in [6, 6.07) is 13.4. The van der Waals surface area contributed by atoms with Crippen LogP contribution >= 0.6 is 22.7 Å². The normalized spacial score (nSPS) is 11.3. The first-order valence-electron chi connectivity index (χ1n) is 9.63. The predicted molar refractivity (Wildman–Crippen MR) is 122 cm³/mol. The van der Waals surface area contributed by atoms with Gasteiger partial charge >= 0.3 is 6.18 Å². The van der Waals surface area contributed by atoms with Gasteiger partial charge in [-0.3, -0.25) is 4.79 Å². The number of benzene rings is 2. The Balaban J connectivity index is 1.55. The van der Waals surface area contributed by atoms with Gasteiger partial charge in [0.05, 0.1) is 35.4 Å². The van der Waals surface area contributed by atoms with Gasteiger partial charge < -0.3 is 14.8 Å². The summed E-state index contributed by atoms with van der Waals surface area (Å²) >= 11 is 2.94. The molecule has 0 radical (unpaired) electrons. The third-order valence-electron chi connectivity index (χ3n) is 4.48. The van der Waals surface area contributed by atoms with Crippen LogP contribution in [0.5, 0.6) is 17.2 Å². The largest absolute Gasteiger partial charge is 0.497 e. The lowest BCUT2D eigenvalue weighted by Crippen LogP contribution is -2.16. The van der Waals surface area contributed by atoms with Crippen molar-refractivity contribution in [3.05, 3.63) is 76.6 Å². The first-order valence-corrected chi connectivity index (χ1v) is 11.4. The van der Waals surface area contributed by atoms with Gasteiger partial charge in [-0.25, -0.2) is 4.98 Å². The molecule has 2 heterocycles. The summed E-state index contributed by atoms with van der Waals surface area (Å²) in [6.07, 6.45) is -4.66. The Bertz CT molecular complexity index is 1250. The van der Waals surface area contributed by atoms with Crippen molar-refractivity contribution in [2.75, 3.05) is 12.4 Å². The minimum Gasteiger partial charge on any atom is -0.497 e. The smallest absolute Gasteiger partial charge is 0.416 e. The van der Waals surface area contributed by atoms with Gasteiger partial charge in [-0.15, -0.1) is 22.7 Å². The van der Waals surface area contributed by atoms with E-state index in [-0.39, 0.29) is 17.9 Å². The standard InChI is InChI=1S/C23H17F3N2O3S2/c1-30-16-4-2-5-17(12-16)31-19-8-7-14(23(24,25)26)10-18(19)28-21(29)11-15-13-33-22(27-15)20-6-3-9-32-20/h2-10,12-13H,11H2,1H3,(H,28,29). The Kier molecular flexibility index (Phi) is 6.66. The SMILES string of the molecule is COc1cccc(Oc2ccc(C(F)(F)F)cc2NC(=O)Cc2csc(-c3cccs3)n2)c1. The highest BCUT2D eigenvalue weighted by atomic mass is 32.1. The Morgan fingerprint density at radius 1 is 1.06 bits per heavy atom. The molecule has 4 rings (SSSR count). The Morgan fingerprint density at radius 3 is 2.61 bits per heavy atom. The van der Waals surface area contributed by atoms with Gasteiger partial charge in [-0.1, -0.05) is 12.1 Å². The molecule has 0 spiro atoms. The molecule has 33 heavy (non-hydrogen) atoms. The summed E-state index contributed by atoms with van der Waals surface area (Å²) in [5, 5.41) is 7.01. The Labute approximate surface area is 195 Å². The fourth-order valence-electron chi connectivity index (χ4n) is 2.95. The van der Waals surface area contributed by atoms with E-state index in [2.05, 4.69) is 10.3 Å². The highest BCUT2D eigenvalue weighted by Crippen LogP contribution is 2.37. The third kappa shape index (κ3) is 5.71. The second kappa shape index (κ2) is 9.63. The first-order chi connectivity index (χ1) is 15.8. The molecule has 10 heteroatoms. The maximum atomic E-state index is 13.3. The molecule has 0 aliphatic heterocycles. The van der Waals surface area contributed by atoms with E-state index in [4.69, 9.17) is 9.47 Å². The number of alkyl halides is 3. The number of ether oxygens (including phenoxy) is 2. The monoisotopic (exact) mass is 490 g/mol. The van der Waals surface area contributed by atoms with Gasteiger partial charge in [0, 0.05) is 11.4 Å². The van der Waals surface area contributed by atoms with Crippen LogP contribution in [-0.2, 0) is 17.4 Å². The molecule has 0 aliphatic carbocycles. The summed E-state index contributed by atoms with van der Waals surface area (Å²) in [6.45, 7) is 0. The maximum Gasteiger partial charge on any atom is 0.416 e. The molecule has 0 fully saturated rings. The molecule has 1 N–H and O–H groups in total. The molecule has 0 atom stereocenters. The lowest BCUT2D eigenvalue weighted by atomic mass is 10.1. The predicted octanol–water partition coefficient (Wildman–Crippen LogP) is 6.87. The number of nitrogens with one attached hydrogen (secondary N) is 1. The molecule has 0 unspecified atom stereocenters. The van der Waals surface area contributed by atoms with Gasteiger partial charge in [-0.05, 0) is 41.8 Å². The lowest BCUT2D eigenvalue weighted by Gasteiger charge is -2.15. The van der Waals surface area contributed by atoms with Crippen molar-refractivity contribution >= 4 is 34.3 Å². The number of amides is 1. The molecule has 0 saturated heterocycles. The number of carbonyl (C=O) groups excluding carboxylic acids is 1. The van der Waals surface area contributed by atoms with Crippen LogP contribution in [0.3, 0.4) is 0 Å². The van der Waals surface area contributed by atoms with Crippen molar-refractivity contribution in [1.29, 1.82) is 0 Å². The van der Waals surface area contributed by atoms with E-state index in [1.165, 1.54) is 35.8 Å². The molecule has 2 aromatic heterocycles. The average Bonchev–Trinajstić information content (AvgIpc) is 3.46. The van der Waals surface area contributed by atoms with Crippen LogP contribution < -0.4 is 14.8 Å². The van der Waals surface area contributed by atoms with E-state index in [1.54, 1.807) is 29.6 Å². The first kappa shape index (κ1) is 22.8. The minimum absolute atomic E-state index is 0.0714. The molecule has 0 aliphatic rings. The van der Waals surface area contributed by atoms with E-state index in [1.807, 2.05) is 17.5 Å². The van der Waals surface area contributed by atoms with Gasteiger partial charge in [0.1, 0.15) is 16.5 Å². The van der Waals surface area contributed by atoms with E-state index in [0.29, 0.717) is 17.2 Å². The van der Waals surface area contributed by atoms with Crippen molar-refractivity contribution in [3.63, 3.8) is 0 Å². The number of anilines is 1. The molecule has 2 aromatic carbocycles. The zero-order valence-corrected chi connectivity index (χ0v) is 18.8. The number of hydrogen-bond donors (Lipinski definition) is 1. The van der Waals surface area contributed by atoms with Crippen molar-refractivity contribution in [2.45, 2.75) is 12.6 Å². The molecular weight excluding hydrogens is 473 g/mol. The van der Waals surface area contributed by atoms with E-state index >= 15 is 0 Å². The van der Waals surface area contributed by atoms with Crippen LogP contribution in [0, 0.1) is 0 Å². The molecule has 4 aromatic rings. The minimum atomic E-state index is -4.57. The summed E-state index contributed by atoms with van der Waals surface area (Å²) in [5.74, 6) is 0.440. The summed E-state index contributed by atoms with van der Waals surface area (Å²) in [7, 11) is 1.49. The fraction of sp³-hybridized carbons (Fsp3) is 0.130. The number of aromatic nitrogens is 1. The van der Waals surface area contributed by atoms with Crippen LogP contribution in [-0.4, -0.2) is 18.0 Å². The number of methoxy groups -OCH3 is 1. The number of hydrogen-bond acceptors (Lipinski definition) is 6. The third-order valence-corrected chi connectivity index (χ3v) is 6.41. The average molecular weight is 491 g/mol. The number of carbonyl (C=O) groups is 1. The van der Waals surface area contributed by atoms with E-state index < -0.39 is 17.6 Å². The van der Waals surface area contributed by atoms with Crippen molar-refractivity contribution in [2.24, 2.45) is 0 Å². The van der Waals surface area contributed by atoms with Crippen LogP contribution in [0.2, 0.25) is 0 Å². The molecule has 5 nitrogen and oxygen atoms in total. The number of thiophene rings is 1. The second-order valence-corrected chi connectivity index (χ2v) is 8.64. The lowest BCUT2D eigenvalue weighted by molar-refractivity contribution is -0.137. The molecule has 1 amide bonds. The van der Waals surface area contributed by atoms with Gasteiger partial charge in [0.2, 0.25) is 5.91 Å². The van der Waals surface area contributed by atoms with E-state index in [0.717, 1.165) is 22.0 Å².